The van der Waals surface area contributed by atoms with Crippen molar-refractivity contribution < 1.29 is 12.0 Å². The van der Waals surface area contributed by atoms with Gasteiger partial charge in [0.25, 0.3) is 0 Å². The van der Waals surface area contributed by atoms with Gasteiger partial charge in [-0.25, -0.2) is 0 Å². The summed E-state index contributed by atoms with van der Waals surface area (Å²) < 4.78 is 27.8. The van der Waals surface area contributed by atoms with Crippen molar-refractivity contribution in [2.45, 2.75) is 11.8 Å². The molecule has 0 aliphatic carbocycles. The third kappa shape index (κ3) is 3.70. The summed E-state index contributed by atoms with van der Waals surface area (Å²) in [5.41, 5.74) is 1.01. The molecule has 0 aromatic heterocycles. The van der Waals surface area contributed by atoms with Gasteiger partial charge < -0.3 is 0 Å². The lowest BCUT2D eigenvalue weighted by atomic mass is 10.2. The maximum absolute atomic E-state index is 11.5. The summed E-state index contributed by atoms with van der Waals surface area (Å²) >= 11 is 0.853. The largest absolute Gasteiger partial charge is 0.307 e. The van der Waals surface area contributed by atoms with Crippen LogP contribution in [0, 0.1) is 6.92 Å². The van der Waals surface area contributed by atoms with E-state index in [1.165, 1.54) is 12.1 Å². The van der Waals surface area contributed by atoms with Crippen molar-refractivity contribution in [3.8, 4) is 0 Å². The Morgan fingerprint density at radius 1 is 1.40 bits per heavy atom. The van der Waals surface area contributed by atoms with Crippen molar-refractivity contribution in [1.82, 2.24) is 0 Å². The number of hydrogen-bond donors (Lipinski definition) is 0. The third-order valence-electron chi connectivity index (χ3n) is 1.63. The Balaban J connectivity index is 2.77. The molecule has 0 spiro atoms. The van der Waals surface area contributed by atoms with E-state index in [0.29, 0.717) is 5.75 Å². The maximum atomic E-state index is 11.5. The Labute approximate surface area is 94.5 Å². The minimum absolute atomic E-state index is 0.171. The molecule has 0 aliphatic heterocycles. The van der Waals surface area contributed by atoms with E-state index in [0.717, 1.165) is 17.6 Å². The second-order valence-corrected chi connectivity index (χ2v) is 5.40. The molecule has 1 rings (SSSR count). The van der Waals surface area contributed by atoms with Crippen molar-refractivity contribution in [3.63, 3.8) is 0 Å². The molecule has 82 valence electrons. The zero-order valence-corrected chi connectivity index (χ0v) is 9.98. The lowest BCUT2D eigenvalue weighted by Gasteiger charge is -2.02. The zero-order chi connectivity index (χ0) is 11.3. The van der Waals surface area contributed by atoms with E-state index in [2.05, 4.69) is 6.58 Å². The SMILES string of the molecule is C=CCSOS(=O)(=O)c1ccc(C)cc1. The predicted octanol–water partition coefficient (Wildman–Crippen LogP) is 2.53. The average molecular weight is 244 g/mol. The summed E-state index contributed by atoms with van der Waals surface area (Å²) in [6.07, 6.45) is 1.58. The van der Waals surface area contributed by atoms with Crippen LogP contribution in [0.25, 0.3) is 0 Å². The molecule has 15 heavy (non-hydrogen) atoms. The molecule has 0 unspecified atom stereocenters. The van der Waals surface area contributed by atoms with Crippen molar-refractivity contribution in [2.75, 3.05) is 5.75 Å². The van der Waals surface area contributed by atoms with Gasteiger partial charge >= 0.3 is 10.1 Å². The third-order valence-corrected chi connectivity index (χ3v) is 3.96. The molecule has 0 atom stereocenters. The molecule has 0 aliphatic rings. The van der Waals surface area contributed by atoms with Crippen LogP contribution in [0.2, 0.25) is 0 Å². The molecular formula is C10H12O3S2. The van der Waals surface area contributed by atoms with Gasteiger partial charge in [-0.1, -0.05) is 23.8 Å². The lowest BCUT2D eigenvalue weighted by molar-refractivity contribution is 0.518. The number of aryl methyl sites for hydroxylation is 1. The first-order valence-corrected chi connectivity index (χ1v) is 6.62. The molecule has 3 nitrogen and oxygen atoms in total. The molecule has 0 saturated heterocycles. The van der Waals surface area contributed by atoms with E-state index in [9.17, 15) is 8.42 Å². The average Bonchev–Trinajstić information content (AvgIpc) is 2.18. The minimum atomic E-state index is -3.63. The minimum Gasteiger partial charge on any atom is -0.194 e. The van der Waals surface area contributed by atoms with Crippen LogP contribution in [0.1, 0.15) is 5.56 Å². The second-order valence-electron chi connectivity index (χ2n) is 2.91. The lowest BCUT2D eigenvalue weighted by Crippen LogP contribution is -2.01. The topological polar surface area (TPSA) is 43.4 Å². The van der Waals surface area contributed by atoms with Gasteiger partial charge in [-0.3, -0.25) is 0 Å². The summed E-state index contributed by atoms with van der Waals surface area (Å²) in [4.78, 5) is 0.171. The molecule has 1 aromatic rings. The van der Waals surface area contributed by atoms with Gasteiger partial charge in [0.1, 0.15) is 0 Å². The van der Waals surface area contributed by atoms with Gasteiger partial charge in [0, 0.05) is 17.8 Å². The fraction of sp³-hybridized carbons (Fsp3) is 0.200. The van der Waals surface area contributed by atoms with Crippen molar-refractivity contribution in [1.29, 1.82) is 0 Å². The Bertz CT molecular complexity index is 420. The highest BCUT2D eigenvalue weighted by Crippen LogP contribution is 2.18. The van der Waals surface area contributed by atoms with E-state index >= 15 is 0 Å². The fourth-order valence-electron chi connectivity index (χ4n) is 0.883. The summed E-state index contributed by atoms with van der Waals surface area (Å²) in [5.74, 6) is 0.436. The molecule has 0 fully saturated rings. The molecular weight excluding hydrogens is 232 g/mol. The summed E-state index contributed by atoms with van der Waals surface area (Å²) in [7, 11) is -3.63. The van der Waals surface area contributed by atoms with E-state index in [-0.39, 0.29) is 4.90 Å². The number of hydrogen-bond acceptors (Lipinski definition) is 4. The van der Waals surface area contributed by atoms with Crippen molar-refractivity contribution in [2.24, 2.45) is 0 Å². The van der Waals surface area contributed by atoms with Crippen LogP contribution in [-0.4, -0.2) is 14.2 Å². The molecule has 0 bridgehead atoms. The highest BCUT2D eigenvalue weighted by atomic mass is 32.3. The molecule has 1 aromatic carbocycles. The maximum Gasteiger partial charge on any atom is 0.307 e. The summed E-state index contributed by atoms with van der Waals surface area (Å²) in [5, 5.41) is 0. The normalized spacial score (nSPS) is 11.3. The van der Waals surface area contributed by atoms with Gasteiger partial charge in [0.05, 0.1) is 4.90 Å². The molecule has 0 saturated carbocycles. The molecule has 0 radical (unpaired) electrons. The highest BCUT2D eigenvalue weighted by Gasteiger charge is 2.14. The first-order chi connectivity index (χ1) is 7.06. The molecule has 0 heterocycles. The molecule has 0 amide bonds. The van der Waals surface area contributed by atoms with Crippen LogP contribution in [0.3, 0.4) is 0 Å². The first kappa shape index (κ1) is 12.3. The molecule has 0 N–H and O–H groups in total. The van der Waals surface area contributed by atoms with Crippen molar-refractivity contribution in [3.05, 3.63) is 42.5 Å². The van der Waals surface area contributed by atoms with Crippen molar-refractivity contribution >= 4 is 22.2 Å². The Morgan fingerprint density at radius 2 is 2.00 bits per heavy atom. The smallest absolute Gasteiger partial charge is 0.194 e. The quantitative estimate of drug-likeness (QED) is 0.453. The monoisotopic (exact) mass is 244 g/mol. The van der Waals surface area contributed by atoms with Crippen LogP contribution >= 0.6 is 12.0 Å². The summed E-state index contributed by atoms with van der Waals surface area (Å²) in [6, 6.07) is 6.51. The predicted molar refractivity (Wildman–Crippen MR) is 62.1 cm³/mol. The Kier molecular flexibility index (Phi) is 4.38. The molecule has 5 heteroatoms. The number of benzene rings is 1. The van der Waals surface area contributed by atoms with Crippen LogP contribution < -0.4 is 0 Å². The Hall–Kier alpha value is -0.780. The number of rotatable bonds is 5. The van der Waals surface area contributed by atoms with E-state index in [1.807, 2.05) is 6.92 Å². The van der Waals surface area contributed by atoms with E-state index < -0.39 is 10.1 Å². The van der Waals surface area contributed by atoms with Gasteiger partial charge in [0.2, 0.25) is 0 Å². The van der Waals surface area contributed by atoms with Gasteiger partial charge in [-0.2, -0.15) is 12.0 Å². The van der Waals surface area contributed by atoms with E-state index in [4.69, 9.17) is 3.63 Å². The van der Waals surface area contributed by atoms with Gasteiger partial charge in [-0.05, 0) is 19.1 Å². The first-order valence-electron chi connectivity index (χ1n) is 4.30. The van der Waals surface area contributed by atoms with Crippen LogP contribution in [-0.2, 0) is 13.7 Å². The van der Waals surface area contributed by atoms with Crippen LogP contribution in [0.4, 0.5) is 0 Å². The van der Waals surface area contributed by atoms with Crippen LogP contribution in [0.15, 0.2) is 41.8 Å². The Morgan fingerprint density at radius 3 is 2.53 bits per heavy atom. The van der Waals surface area contributed by atoms with Gasteiger partial charge in [-0.15, -0.1) is 6.58 Å². The van der Waals surface area contributed by atoms with Gasteiger partial charge in [0.15, 0.2) is 0 Å². The second kappa shape index (κ2) is 5.34. The fourth-order valence-corrected chi connectivity index (χ4v) is 2.49. The zero-order valence-electron chi connectivity index (χ0n) is 8.34. The standard InChI is InChI=1S/C10H12O3S2/c1-3-8-14-13-15(11,12)10-6-4-9(2)5-7-10/h3-7H,1,8H2,2H3. The van der Waals surface area contributed by atoms with Crippen LogP contribution in [0.5, 0.6) is 0 Å². The summed E-state index contributed by atoms with van der Waals surface area (Å²) in [6.45, 7) is 5.36. The highest BCUT2D eigenvalue weighted by molar-refractivity contribution is 8.04. The van der Waals surface area contributed by atoms with E-state index in [1.54, 1.807) is 18.2 Å².